The fourth-order valence-corrected chi connectivity index (χ4v) is 4.22. The van der Waals surface area contributed by atoms with Crippen LogP contribution in [0.3, 0.4) is 0 Å². The van der Waals surface area contributed by atoms with Gasteiger partial charge in [-0.3, -0.25) is 14.4 Å². The Morgan fingerprint density at radius 1 is 1.17 bits per heavy atom. The van der Waals surface area contributed by atoms with Gasteiger partial charge in [0.05, 0.1) is 15.5 Å². The van der Waals surface area contributed by atoms with Crippen LogP contribution in [0, 0.1) is 17.0 Å². The van der Waals surface area contributed by atoms with Crippen LogP contribution in [0.2, 0.25) is 10.0 Å². The van der Waals surface area contributed by atoms with Gasteiger partial charge in [0.15, 0.2) is 0 Å². The lowest BCUT2D eigenvalue weighted by atomic mass is 9.70. The molecule has 7 nitrogen and oxygen atoms in total. The van der Waals surface area contributed by atoms with E-state index in [0.717, 1.165) is 5.56 Å². The topological polar surface area (TPSA) is 108 Å². The highest BCUT2D eigenvalue weighted by Crippen LogP contribution is 2.50. The van der Waals surface area contributed by atoms with E-state index in [-0.39, 0.29) is 28.4 Å². The number of halogens is 4. The Balaban J connectivity index is 0.000000319. The van der Waals surface area contributed by atoms with E-state index in [1.165, 1.54) is 24.3 Å². The summed E-state index contributed by atoms with van der Waals surface area (Å²) >= 11 is 11.7. The van der Waals surface area contributed by atoms with E-state index < -0.39 is 23.0 Å². The molecule has 2 aromatic carbocycles. The number of carboxylic acid groups (broad SMARTS) is 1. The lowest BCUT2D eigenvalue weighted by molar-refractivity contribution is -0.136. The number of hydrogen-bond donors (Lipinski definition) is 4. The molecule has 4 N–H and O–H groups in total. The van der Waals surface area contributed by atoms with Gasteiger partial charge in [-0.2, -0.15) is 0 Å². The van der Waals surface area contributed by atoms with Crippen molar-refractivity contribution in [3.05, 3.63) is 63.1 Å². The van der Waals surface area contributed by atoms with E-state index in [1.54, 1.807) is 6.07 Å². The lowest BCUT2D eigenvalue weighted by Gasteiger charge is -2.29. The first-order valence-corrected chi connectivity index (χ1v) is 11.8. The van der Waals surface area contributed by atoms with Gasteiger partial charge in [0, 0.05) is 24.7 Å². The van der Waals surface area contributed by atoms with E-state index in [0.29, 0.717) is 36.2 Å². The predicted octanol–water partition coefficient (Wildman–Crippen LogP) is 4.72. The normalized spacial score (nSPS) is 19.9. The van der Waals surface area contributed by atoms with Crippen molar-refractivity contribution < 1.29 is 28.3 Å². The SMILES string of the molecule is CC(C)(C)C.O=C1Nc2cc(Cl)c(F)cc2C12CNC[C@@H]2c1ccc(F)c(Cl)c1.O=CNCC(=O)O. The molecular weight excluding hydrogens is 515 g/mol. The van der Waals surface area contributed by atoms with Crippen molar-refractivity contribution in [1.29, 1.82) is 0 Å². The fraction of sp³-hybridized carbons (Fsp3) is 0.400. The molecule has 11 heteroatoms. The van der Waals surface area contributed by atoms with Crippen LogP contribution in [0.1, 0.15) is 44.7 Å². The third-order valence-electron chi connectivity index (χ3n) is 5.22. The maximum Gasteiger partial charge on any atom is 0.322 e. The Hall–Kier alpha value is -2.75. The number of fused-ring (bicyclic) bond motifs is 2. The second kappa shape index (κ2) is 12.0. The molecule has 196 valence electrons. The molecule has 2 aromatic rings. The van der Waals surface area contributed by atoms with Crippen LogP contribution in [0.4, 0.5) is 14.5 Å². The molecule has 2 atom stereocenters. The standard InChI is InChI=1S/C17H12Cl2F2N2O.C5H12.C3H5NO3/c18-11-3-8(1-2-13(11)20)10-6-22-7-17(10)9-4-14(21)12(19)5-15(9)23-16(17)24;1-5(2,3)4;5-2-4-1-3(6)7/h1-5,10,22H,6-7H2,(H,23,24);1-4H3;2H,1H2,(H,4,5)(H,6,7)/t10-,17?;;/m1../s1. The van der Waals surface area contributed by atoms with E-state index in [2.05, 4.69) is 38.3 Å². The van der Waals surface area contributed by atoms with Gasteiger partial charge in [0.25, 0.3) is 0 Å². The molecule has 1 spiro atoms. The van der Waals surface area contributed by atoms with Crippen LogP contribution in [0.5, 0.6) is 0 Å². The van der Waals surface area contributed by atoms with Gasteiger partial charge < -0.3 is 21.1 Å². The number of rotatable bonds is 4. The zero-order chi connectivity index (χ0) is 27.3. The molecule has 36 heavy (non-hydrogen) atoms. The number of carboxylic acids is 1. The van der Waals surface area contributed by atoms with Crippen molar-refractivity contribution in [1.82, 2.24) is 10.6 Å². The van der Waals surface area contributed by atoms with Gasteiger partial charge in [-0.25, -0.2) is 8.78 Å². The number of amides is 2. The third-order valence-corrected chi connectivity index (χ3v) is 5.80. The molecule has 1 saturated heterocycles. The molecule has 0 saturated carbocycles. The van der Waals surface area contributed by atoms with Crippen molar-refractivity contribution in [2.24, 2.45) is 5.41 Å². The highest BCUT2D eigenvalue weighted by molar-refractivity contribution is 6.31. The maximum atomic E-state index is 14.0. The molecule has 0 radical (unpaired) electrons. The first kappa shape index (κ1) is 29.5. The zero-order valence-corrected chi connectivity index (χ0v) is 21.9. The summed E-state index contributed by atoms with van der Waals surface area (Å²) in [5, 5.41) is 15.7. The van der Waals surface area contributed by atoms with Crippen LogP contribution in [0.15, 0.2) is 30.3 Å². The number of anilines is 1. The second-order valence-corrected chi connectivity index (χ2v) is 10.8. The van der Waals surface area contributed by atoms with E-state index in [9.17, 15) is 23.2 Å². The highest BCUT2D eigenvalue weighted by atomic mass is 35.5. The Morgan fingerprint density at radius 2 is 1.78 bits per heavy atom. The summed E-state index contributed by atoms with van der Waals surface area (Å²) in [6.45, 7) is 9.30. The third kappa shape index (κ3) is 7.15. The quantitative estimate of drug-likeness (QED) is 0.417. The molecule has 2 aliphatic rings. The number of aliphatic carboxylic acids is 1. The van der Waals surface area contributed by atoms with Gasteiger partial charge in [-0.15, -0.1) is 0 Å². The highest BCUT2D eigenvalue weighted by Gasteiger charge is 2.55. The molecule has 1 unspecified atom stereocenters. The van der Waals surface area contributed by atoms with Crippen molar-refractivity contribution in [3.8, 4) is 0 Å². The van der Waals surface area contributed by atoms with Crippen molar-refractivity contribution in [3.63, 3.8) is 0 Å². The van der Waals surface area contributed by atoms with Crippen molar-refractivity contribution in [2.75, 3.05) is 25.0 Å². The van der Waals surface area contributed by atoms with Crippen LogP contribution in [-0.2, 0) is 19.8 Å². The van der Waals surface area contributed by atoms with E-state index in [4.69, 9.17) is 28.3 Å². The Bertz CT molecular complexity index is 1140. The van der Waals surface area contributed by atoms with Crippen molar-refractivity contribution >= 4 is 47.2 Å². The van der Waals surface area contributed by atoms with Gasteiger partial charge in [0.2, 0.25) is 12.3 Å². The molecule has 0 aromatic heterocycles. The van der Waals surface area contributed by atoms with Crippen LogP contribution < -0.4 is 16.0 Å². The largest absolute Gasteiger partial charge is 0.480 e. The number of carbonyl (C=O) groups is 3. The summed E-state index contributed by atoms with van der Waals surface area (Å²) in [4.78, 5) is 31.7. The molecule has 2 amide bonds. The van der Waals surface area contributed by atoms with E-state index >= 15 is 0 Å². The summed E-state index contributed by atoms with van der Waals surface area (Å²) in [7, 11) is 0. The smallest absolute Gasteiger partial charge is 0.322 e. The Kier molecular flexibility index (Phi) is 9.82. The number of carbonyl (C=O) groups excluding carboxylic acids is 2. The lowest BCUT2D eigenvalue weighted by Crippen LogP contribution is -2.41. The minimum Gasteiger partial charge on any atom is -0.480 e. The van der Waals surface area contributed by atoms with E-state index in [1.807, 2.05) is 5.32 Å². The summed E-state index contributed by atoms with van der Waals surface area (Å²) < 4.78 is 27.5. The Labute approximate surface area is 218 Å². The molecule has 2 heterocycles. The summed E-state index contributed by atoms with van der Waals surface area (Å²) in [5.41, 5.74) is 1.32. The first-order valence-electron chi connectivity index (χ1n) is 11.1. The average Bonchev–Trinajstić information content (AvgIpc) is 3.32. The predicted molar refractivity (Wildman–Crippen MR) is 136 cm³/mol. The van der Waals surface area contributed by atoms with Gasteiger partial charge in [0.1, 0.15) is 18.2 Å². The maximum absolute atomic E-state index is 14.0. The molecule has 1 fully saturated rings. The summed E-state index contributed by atoms with van der Waals surface area (Å²) in [6, 6.07) is 7.14. The second-order valence-electron chi connectivity index (χ2n) is 9.99. The summed E-state index contributed by atoms with van der Waals surface area (Å²) in [6.07, 6.45) is 0.341. The number of nitrogens with one attached hydrogen (secondary N) is 3. The molecular formula is C25H29Cl2F2N3O4. The fourth-order valence-electron chi connectivity index (χ4n) is 3.87. The number of benzene rings is 2. The van der Waals surface area contributed by atoms with Crippen LogP contribution in [0.25, 0.3) is 0 Å². The average molecular weight is 544 g/mol. The van der Waals surface area contributed by atoms with Gasteiger partial charge >= 0.3 is 5.97 Å². The van der Waals surface area contributed by atoms with Crippen LogP contribution >= 0.6 is 23.2 Å². The zero-order valence-electron chi connectivity index (χ0n) is 20.3. The van der Waals surface area contributed by atoms with Crippen molar-refractivity contribution in [2.45, 2.75) is 39.0 Å². The Morgan fingerprint density at radius 3 is 2.31 bits per heavy atom. The first-order chi connectivity index (χ1) is 16.7. The van der Waals surface area contributed by atoms with Gasteiger partial charge in [-0.05, 0) is 40.8 Å². The molecule has 0 bridgehead atoms. The van der Waals surface area contributed by atoms with Crippen LogP contribution in [-0.4, -0.2) is 43.0 Å². The summed E-state index contributed by atoms with van der Waals surface area (Å²) in [5.74, 6) is -2.65. The van der Waals surface area contributed by atoms with Gasteiger partial charge in [-0.1, -0.05) is 57.0 Å². The number of hydrogen-bond acceptors (Lipinski definition) is 4. The molecule has 4 rings (SSSR count). The molecule has 0 aliphatic carbocycles. The minimum absolute atomic E-state index is 0.00420. The minimum atomic E-state index is -1.04. The molecule has 2 aliphatic heterocycles. The monoisotopic (exact) mass is 543 g/mol.